The van der Waals surface area contributed by atoms with Gasteiger partial charge in [0, 0.05) is 25.6 Å². The Morgan fingerprint density at radius 3 is 2.29 bits per heavy atom. The first kappa shape index (κ1) is 18.7. The lowest BCUT2D eigenvalue weighted by molar-refractivity contribution is 0.617. The Bertz CT molecular complexity index is 667. The highest BCUT2D eigenvalue weighted by molar-refractivity contribution is 14.0. The molecule has 0 aliphatic heterocycles. The predicted molar refractivity (Wildman–Crippen MR) is 107 cm³/mol. The summed E-state index contributed by atoms with van der Waals surface area (Å²) < 4.78 is 13.1. The fraction of sp³-hybridized carbons (Fsp3) is 0.316. The molecule has 2 N–H and O–H groups in total. The number of nitrogens with one attached hydrogen (secondary N) is 2. The molecule has 1 saturated carbocycles. The molecule has 3 nitrogen and oxygen atoms in total. The van der Waals surface area contributed by atoms with E-state index >= 15 is 0 Å². The van der Waals surface area contributed by atoms with Crippen molar-refractivity contribution in [3.63, 3.8) is 0 Å². The lowest BCUT2D eigenvalue weighted by Gasteiger charge is -2.19. The Labute approximate surface area is 159 Å². The molecule has 0 amide bonds. The molecule has 0 unspecified atom stereocenters. The highest BCUT2D eigenvalue weighted by Crippen LogP contribution is 2.47. The third kappa shape index (κ3) is 4.69. The summed E-state index contributed by atoms with van der Waals surface area (Å²) in [5, 5.41) is 6.73. The van der Waals surface area contributed by atoms with E-state index in [2.05, 4.69) is 27.8 Å². The maximum atomic E-state index is 13.1. The molecule has 5 heteroatoms. The number of rotatable bonds is 5. The molecule has 1 fully saturated rings. The Morgan fingerprint density at radius 2 is 1.71 bits per heavy atom. The maximum absolute atomic E-state index is 13.1. The molecule has 128 valence electrons. The molecule has 2 aromatic carbocycles. The maximum Gasteiger partial charge on any atom is 0.191 e. The van der Waals surface area contributed by atoms with Crippen LogP contribution in [-0.2, 0) is 12.0 Å². The van der Waals surface area contributed by atoms with E-state index in [0.717, 1.165) is 31.9 Å². The van der Waals surface area contributed by atoms with Crippen LogP contribution in [0, 0.1) is 5.82 Å². The molecule has 0 spiro atoms. The van der Waals surface area contributed by atoms with E-state index < -0.39 is 0 Å². The fourth-order valence-corrected chi connectivity index (χ4v) is 2.78. The van der Waals surface area contributed by atoms with E-state index in [4.69, 9.17) is 0 Å². The number of hydrogen-bond acceptors (Lipinski definition) is 1. The molecule has 0 bridgehead atoms. The van der Waals surface area contributed by atoms with Crippen LogP contribution in [0.15, 0.2) is 59.6 Å². The summed E-state index contributed by atoms with van der Waals surface area (Å²) in [6.07, 6.45) is 2.25. The van der Waals surface area contributed by atoms with Crippen LogP contribution in [0.2, 0.25) is 0 Å². The van der Waals surface area contributed by atoms with Crippen molar-refractivity contribution < 1.29 is 4.39 Å². The van der Waals surface area contributed by atoms with Gasteiger partial charge in [-0.3, -0.25) is 4.99 Å². The van der Waals surface area contributed by atoms with Gasteiger partial charge in [-0.25, -0.2) is 4.39 Å². The van der Waals surface area contributed by atoms with E-state index in [1.165, 1.54) is 23.3 Å². The van der Waals surface area contributed by atoms with Gasteiger partial charge in [-0.15, -0.1) is 24.0 Å². The Morgan fingerprint density at radius 1 is 1.04 bits per heavy atom. The Balaban J connectivity index is 0.00000208. The SMILES string of the molecule is CN=C(NCc1ccccc1)NCC1(c2ccc(F)cc2)CC1.I. The molecule has 24 heavy (non-hydrogen) atoms. The van der Waals surface area contributed by atoms with Gasteiger partial charge in [0.25, 0.3) is 0 Å². The Kier molecular flexibility index (Phi) is 6.60. The van der Waals surface area contributed by atoms with Gasteiger partial charge in [-0.1, -0.05) is 42.5 Å². The first-order valence-electron chi connectivity index (χ1n) is 7.96. The van der Waals surface area contributed by atoms with Crippen LogP contribution in [0.5, 0.6) is 0 Å². The van der Waals surface area contributed by atoms with E-state index in [9.17, 15) is 4.39 Å². The number of benzene rings is 2. The van der Waals surface area contributed by atoms with Crippen molar-refractivity contribution in [3.8, 4) is 0 Å². The minimum Gasteiger partial charge on any atom is -0.356 e. The first-order valence-corrected chi connectivity index (χ1v) is 7.96. The summed E-state index contributed by atoms with van der Waals surface area (Å²) in [4.78, 5) is 4.28. The predicted octanol–water partition coefficient (Wildman–Crippen LogP) is 3.84. The topological polar surface area (TPSA) is 36.4 Å². The number of nitrogens with zero attached hydrogens (tertiary/aromatic N) is 1. The highest BCUT2D eigenvalue weighted by atomic mass is 127. The zero-order valence-corrected chi connectivity index (χ0v) is 16.1. The summed E-state index contributed by atoms with van der Waals surface area (Å²) in [5.41, 5.74) is 2.54. The minimum absolute atomic E-state index is 0. The van der Waals surface area contributed by atoms with Crippen molar-refractivity contribution in [1.82, 2.24) is 10.6 Å². The Hall–Kier alpha value is -1.63. The molecular weight excluding hydrogens is 416 g/mol. The highest BCUT2D eigenvalue weighted by Gasteiger charge is 2.44. The van der Waals surface area contributed by atoms with Gasteiger partial charge in [0.2, 0.25) is 0 Å². The lowest BCUT2D eigenvalue weighted by Crippen LogP contribution is -2.40. The quantitative estimate of drug-likeness (QED) is 0.422. The first-order chi connectivity index (χ1) is 11.2. The number of aliphatic imine (C=N–C) groups is 1. The van der Waals surface area contributed by atoms with Gasteiger partial charge in [0.05, 0.1) is 0 Å². The van der Waals surface area contributed by atoms with E-state index in [-0.39, 0.29) is 35.2 Å². The van der Waals surface area contributed by atoms with Crippen molar-refractivity contribution in [3.05, 3.63) is 71.5 Å². The zero-order valence-electron chi connectivity index (χ0n) is 13.8. The molecule has 1 aliphatic rings. The van der Waals surface area contributed by atoms with Crippen LogP contribution in [0.4, 0.5) is 4.39 Å². The summed E-state index contributed by atoms with van der Waals surface area (Å²) in [6.45, 7) is 1.55. The van der Waals surface area contributed by atoms with Crippen LogP contribution in [0.1, 0.15) is 24.0 Å². The second-order valence-electron chi connectivity index (χ2n) is 6.05. The fourth-order valence-electron chi connectivity index (χ4n) is 2.78. The van der Waals surface area contributed by atoms with E-state index in [1.54, 1.807) is 7.05 Å². The van der Waals surface area contributed by atoms with Crippen LogP contribution in [-0.4, -0.2) is 19.6 Å². The molecular formula is C19H23FIN3. The average molecular weight is 439 g/mol. The van der Waals surface area contributed by atoms with Crippen molar-refractivity contribution in [2.45, 2.75) is 24.8 Å². The van der Waals surface area contributed by atoms with Crippen LogP contribution >= 0.6 is 24.0 Å². The number of guanidine groups is 1. The van der Waals surface area contributed by atoms with Crippen LogP contribution in [0.25, 0.3) is 0 Å². The van der Waals surface area contributed by atoms with Gasteiger partial charge in [-0.2, -0.15) is 0 Å². The van der Waals surface area contributed by atoms with Crippen LogP contribution < -0.4 is 10.6 Å². The smallest absolute Gasteiger partial charge is 0.191 e. The second kappa shape index (κ2) is 8.46. The van der Waals surface area contributed by atoms with Gasteiger partial charge < -0.3 is 10.6 Å². The van der Waals surface area contributed by atoms with Crippen molar-refractivity contribution >= 4 is 29.9 Å². The average Bonchev–Trinajstić information content (AvgIpc) is 3.38. The molecule has 0 atom stereocenters. The van der Waals surface area contributed by atoms with Crippen molar-refractivity contribution in [2.24, 2.45) is 4.99 Å². The molecule has 0 aromatic heterocycles. The van der Waals surface area contributed by atoms with Gasteiger partial charge in [0.15, 0.2) is 5.96 Å². The lowest BCUT2D eigenvalue weighted by atomic mass is 9.96. The van der Waals surface area contributed by atoms with Gasteiger partial charge >= 0.3 is 0 Å². The van der Waals surface area contributed by atoms with Gasteiger partial charge in [0.1, 0.15) is 5.82 Å². The van der Waals surface area contributed by atoms with E-state index in [0.29, 0.717) is 0 Å². The molecule has 0 heterocycles. The molecule has 2 aromatic rings. The van der Waals surface area contributed by atoms with Crippen molar-refractivity contribution in [1.29, 1.82) is 0 Å². The molecule has 0 radical (unpaired) electrons. The van der Waals surface area contributed by atoms with Gasteiger partial charge in [-0.05, 0) is 36.1 Å². The third-order valence-electron chi connectivity index (χ3n) is 4.43. The summed E-state index contributed by atoms with van der Waals surface area (Å²) in [5.74, 6) is 0.611. The molecule has 1 aliphatic carbocycles. The summed E-state index contributed by atoms with van der Waals surface area (Å²) >= 11 is 0. The third-order valence-corrected chi connectivity index (χ3v) is 4.43. The molecule has 0 saturated heterocycles. The number of hydrogen-bond donors (Lipinski definition) is 2. The number of halogens is 2. The monoisotopic (exact) mass is 439 g/mol. The zero-order chi connectivity index (χ0) is 16.1. The molecule has 3 rings (SSSR count). The van der Waals surface area contributed by atoms with Crippen molar-refractivity contribution in [2.75, 3.05) is 13.6 Å². The van der Waals surface area contributed by atoms with E-state index in [1.807, 2.05) is 30.3 Å². The standard InChI is InChI=1S/C19H22FN3.HI/c1-21-18(22-13-15-5-3-2-4-6-15)23-14-19(11-12-19)16-7-9-17(20)10-8-16;/h2-10H,11-14H2,1H3,(H2,21,22,23);1H. The largest absolute Gasteiger partial charge is 0.356 e. The van der Waals surface area contributed by atoms with Crippen LogP contribution in [0.3, 0.4) is 0 Å². The second-order valence-corrected chi connectivity index (χ2v) is 6.05. The normalized spacial score (nSPS) is 15.3. The minimum atomic E-state index is -0.183. The summed E-state index contributed by atoms with van der Waals surface area (Å²) in [7, 11) is 1.78. The summed E-state index contributed by atoms with van der Waals surface area (Å²) in [6, 6.07) is 17.1.